The van der Waals surface area contributed by atoms with E-state index in [4.69, 9.17) is 9.47 Å². The Balaban J connectivity index is 1.64. The minimum atomic E-state index is -3.52. The minimum Gasteiger partial charge on any atom is -0.492 e. The zero-order valence-electron chi connectivity index (χ0n) is 18.5. The number of H-pyrrole nitrogens is 1. The Morgan fingerprint density at radius 1 is 1.09 bits per heavy atom. The molecule has 3 aromatic rings. The van der Waals surface area contributed by atoms with Crippen LogP contribution < -0.4 is 19.5 Å². The van der Waals surface area contributed by atoms with Crippen LogP contribution in [0.4, 0.5) is 16.2 Å². The number of fused-ring (bicyclic) bond motifs is 1. The van der Waals surface area contributed by atoms with Crippen LogP contribution in [0.3, 0.4) is 0 Å². The highest BCUT2D eigenvalue weighted by Crippen LogP contribution is 2.41. The lowest BCUT2D eigenvalue weighted by Crippen LogP contribution is -2.22. The van der Waals surface area contributed by atoms with Crippen LogP contribution in [0.25, 0.3) is 10.9 Å². The van der Waals surface area contributed by atoms with Crippen LogP contribution in [0, 0.1) is 0 Å². The molecular weight excluding hydrogens is 430 g/mol. The fourth-order valence-corrected chi connectivity index (χ4v) is 4.78. The molecule has 0 atom stereocenters. The molecule has 0 unspecified atom stereocenters. The van der Waals surface area contributed by atoms with Crippen LogP contribution >= 0.6 is 0 Å². The van der Waals surface area contributed by atoms with Gasteiger partial charge in [0.2, 0.25) is 15.9 Å². The van der Waals surface area contributed by atoms with Gasteiger partial charge in [0.1, 0.15) is 0 Å². The van der Waals surface area contributed by atoms with Gasteiger partial charge >= 0.3 is 6.09 Å². The zero-order valence-corrected chi connectivity index (χ0v) is 19.3. The van der Waals surface area contributed by atoms with Crippen molar-refractivity contribution in [3.8, 4) is 11.6 Å². The lowest BCUT2D eigenvalue weighted by Gasteiger charge is -2.24. The third kappa shape index (κ3) is 4.67. The molecule has 9 heteroatoms. The van der Waals surface area contributed by atoms with E-state index in [-0.39, 0.29) is 16.9 Å². The molecule has 1 amide bonds. The predicted molar refractivity (Wildman–Crippen MR) is 125 cm³/mol. The molecule has 1 fully saturated rings. The van der Waals surface area contributed by atoms with Crippen molar-refractivity contribution in [1.82, 2.24) is 4.98 Å². The maximum absolute atomic E-state index is 12.7. The number of ether oxygens (including phenoxy) is 2. The van der Waals surface area contributed by atoms with E-state index >= 15 is 0 Å². The molecule has 2 aromatic carbocycles. The van der Waals surface area contributed by atoms with Crippen molar-refractivity contribution < 1.29 is 22.7 Å². The molecule has 1 aromatic heterocycles. The standard InChI is InChI=1S/C23H27N3O5S/c1-23(2,3)15-12-18(21(30-4)19(13-15)26-32(28,29)16-9-10-16)25-22(27)31-20-11-14-7-5-6-8-17(14)24-20/h5-8,11-13,16,24,26H,9-10H2,1-4H3,(H,25,27). The Hall–Kier alpha value is -3.20. The van der Waals surface area contributed by atoms with Gasteiger partial charge in [-0.25, -0.2) is 13.2 Å². The monoisotopic (exact) mass is 457 g/mol. The van der Waals surface area contributed by atoms with Gasteiger partial charge in [-0.05, 0) is 42.0 Å². The van der Waals surface area contributed by atoms with E-state index in [9.17, 15) is 13.2 Å². The zero-order chi connectivity index (χ0) is 23.1. The van der Waals surface area contributed by atoms with E-state index in [2.05, 4.69) is 15.0 Å². The highest BCUT2D eigenvalue weighted by atomic mass is 32.2. The maximum Gasteiger partial charge on any atom is 0.418 e. The van der Waals surface area contributed by atoms with E-state index in [1.807, 2.05) is 45.0 Å². The summed E-state index contributed by atoms with van der Waals surface area (Å²) in [6.07, 6.45) is 0.550. The normalized spacial score (nSPS) is 14.2. The van der Waals surface area contributed by atoms with E-state index in [1.165, 1.54) is 7.11 Å². The summed E-state index contributed by atoms with van der Waals surface area (Å²) in [5, 5.41) is 3.22. The van der Waals surface area contributed by atoms with Gasteiger partial charge in [-0.1, -0.05) is 39.0 Å². The molecule has 0 spiro atoms. The second kappa shape index (κ2) is 8.05. The Bertz CT molecular complexity index is 1240. The molecule has 32 heavy (non-hydrogen) atoms. The van der Waals surface area contributed by atoms with E-state index < -0.39 is 21.4 Å². The average molecular weight is 458 g/mol. The second-order valence-electron chi connectivity index (χ2n) is 8.94. The number of anilines is 2. The molecule has 1 aliphatic carbocycles. The Kier molecular flexibility index (Phi) is 5.54. The number of carbonyl (C=O) groups is 1. The molecule has 170 valence electrons. The van der Waals surface area contributed by atoms with Crippen molar-refractivity contribution in [1.29, 1.82) is 0 Å². The number of methoxy groups -OCH3 is 1. The minimum absolute atomic E-state index is 0.218. The fraction of sp³-hybridized carbons (Fsp3) is 0.348. The summed E-state index contributed by atoms with van der Waals surface area (Å²) in [5.74, 6) is 0.514. The Morgan fingerprint density at radius 2 is 1.78 bits per heavy atom. The van der Waals surface area contributed by atoms with Gasteiger partial charge in [0.15, 0.2) is 5.75 Å². The maximum atomic E-state index is 12.7. The summed E-state index contributed by atoms with van der Waals surface area (Å²) in [6, 6.07) is 12.8. The fourth-order valence-electron chi connectivity index (χ4n) is 3.40. The van der Waals surface area contributed by atoms with E-state index in [0.717, 1.165) is 16.5 Å². The molecule has 8 nitrogen and oxygen atoms in total. The number of aromatic amines is 1. The quantitative estimate of drug-likeness (QED) is 0.483. The lowest BCUT2D eigenvalue weighted by molar-refractivity contribution is 0.213. The SMILES string of the molecule is COc1c(NC(=O)Oc2cc3ccccc3[nH]2)cc(C(C)(C)C)cc1NS(=O)(=O)C1CC1. The smallest absolute Gasteiger partial charge is 0.418 e. The number of benzene rings is 2. The molecule has 3 N–H and O–H groups in total. The van der Waals surface area contributed by atoms with Crippen molar-refractivity contribution >= 4 is 38.4 Å². The largest absolute Gasteiger partial charge is 0.492 e. The van der Waals surface area contributed by atoms with Gasteiger partial charge < -0.3 is 14.5 Å². The first kappa shape index (κ1) is 22.0. The Labute approximate surface area is 187 Å². The van der Waals surface area contributed by atoms with Crippen LogP contribution in [-0.4, -0.2) is 31.9 Å². The summed E-state index contributed by atoms with van der Waals surface area (Å²) < 4.78 is 38.7. The highest BCUT2D eigenvalue weighted by molar-refractivity contribution is 7.93. The number of para-hydroxylation sites is 1. The first-order valence-electron chi connectivity index (χ1n) is 10.4. The number of hydrogen-bond acceptors (Lipinski definition) is 5. The summed E-state index contributed by atoms with van der Waals surface area (Å²) in [7, 11) is -2.10. The van der Waals surface area contributed by atoms with Gasteiger partial charge in [-0.15, -0.1) is 0 Å². The molecule has 1 saturated carbocycles. The number of hydrogen-bond donors (Lipinski definition) is 3. The third-order valence-electron chi connectivity index (χ3n) is 5.32. The summed E-state index contributed by atoms with van der Waals surface area (Å²) in [5.41, 5.74) is 1.97. The summed E-state index contributed by atoms with van der Waals surface area (Å²) in [6.45, 7) is 6.00. The van der Waals surface area contributed by atoms with Crippen LogP contribution in [-0.2, 0) is 15.4 Å². The first-order chi connectivity index (χ1) is 15.1. The van der Waals surface area contributed by atoms with Crippen molar-refractivity contribution in [2.45, 2.75) is 44.3 Å². The van der Waals surface area contributed by atoms with Crippen molar-refractivity contribution in [3.63, 3.8) is 0 Å². The van der Waals surface area contributed by atoms with E-state index in [0.29, 0.717) is 24.4 Å². The first-order valence-corrected chi connectivity index (χ1v) is 11.9. The van der Waals surface area contributed by atoms with Gasteiger partial charge in [0.25, 0.3) is 0 Å². The number of amides is 1. The molecule has 4 rings (SSSR count). The lowest BCUT2D eigenvalue weighted by atomic mass is 9.86. The summed E-state index contributed by atoms with van der Waals surface area (Å²) in [4.78, 5) is 15.7. The topological polar surface area (TPSA) is 110 Å². The van der Waals surface area contributed by atoms with Crippen molar-refractivity contribution in [2.24, 2.45) is 0 Å². The molecular formula is C23H27N3O5S. The predicted octanol–water partition coefficient (Wildman–Crippen LogP) is 4.99. The molecule has 1 aliphatic rings. The average Bonchev–Trinajstić information content (AvgIpc) is 3.48. The van der Waals surface area contributed by atoms with Crippen LogP contribution in [0.15, 0.2) is 42.5 Å². The second-order valence-corrected chi connectivity index (χ2v) is 10.9. The molecule has 1 heterocycles. The van der Waals surface area contributed by atoms with E-state index in [1.54, 1.807) is 18.2 Å². The number of sulfonamides is 1. The molecule has 0 aliphatic heterocycles. The van der Waals surface area contributed by atoms with Crippen LogP contribution in [0.5, 0.6) is 11.6 Å². The summed E-state index contributed by atoms with van der Waals surface area (Å²) >= 11 is 0. The third-order valence-corrected chi connectivity index (χ3v) is 7.17. The van der Waals surface area contributed by atoms with Gasteiger partial charge in [0.05, 0.1) is 23.7 Å². The Morgan fingerprint density at radius 3 is 2.41 bits per heavy atom. The number of aromatic nitrogens is 1. The van der Waals surface area contributed by atoms with Crippen LogP contribution in [0.1, 0.15) is 39.2 Å². The number of rotatable bonds is 6. The molecule has 0 radical (unpaired) electrons. The van der Waals surface area contributed by atoms with Crippen molar-refractivity contribution in [3.05, 3.63) is 48.0 Å². The molecule has 0 bridgehead atoms. The van der Waals surface area contributed by atoms with Gasteiger partial charge in [-0.2, -0.15) is 0 Å². The van der Waals surface area contributed by atoms with Crippen LogP contribution in [0.2, 0.25) is 0 Å². The van der Waals surface area contributed by atoms with Crippen molar-refractivity contribution in [2.75, 3.05) is 17.1 Å². The van der Waals surface area contributed by atoms with Gasteiger partial charge in [-0.3, -0.25) is 10.0 Å². The number of carbonyl (C=O) groups excluding carboxylic acids is 1. The van der Waals surface area contributed by atoms with Gasteiger partial charge in [0, 0.05) is 17.0 Å². The molecule has 0 saturated heterocycles. The highest BCUT2D eigenvalue weighted by Gasteiger charge is 2.36. The number of nitrogens with one attached hydrogen (secondary N) is 3.